The number of hydrogen-bond acceptors (Lipinski definition) is 6. The Labute approximate surface area is 128 Å². The van der Waals surface area contributed by atoms with E-state index in [9.17, 15) is 9.59 Å². The highest BCUT2D eigenvalue weighted by Crippen LogP contribution is 2.32. The second kappa shape index (κ2) is 7.99. The molecule has 0 atom stereocenters. The van der Waals surface area contributed by atoms with Gasteiger partial charge in [-0.25, -0.2) is 4.79 Å². The van der Waals surface area contributed by atoms with Crippen molar-refractivity contribution in [2.75, 3.05) is 45.7 Å². The molecule has 0 unspecified atom stereocenters. The van der Waals surface area contributed by atoms with Crippen LogP contribution in [0.5, 0.6) is 0 Å². The second-order valence-corrected chi connectivity index (χ2v) is 6.24. The lowest BCUT2D eigenvalue weighted by molar-refractivity contribution is -0.136. The zero-order valence-corrected chi connectivity index (χ0v) is 13.7. The number of likely N-dealkylation sites (N-methyl/N-ethyl adjacent to an activating group) is 1. The normalized spacial score (nSPS) is 10.7. The van der Waals surface area contributed by atoms with E-state index in [0.29, 0.717) is 18.7 Å². The summed E-state index contributed by atoms with van der Waals surface area (Å²) in [5.74, 6) is -1.24. The zero-order valence-electron chi connectivity index (χ0n) is 12.9. The van der Waals surface area contributed by atoms with Gasteiger partial charge < -0.3 is 19.6 Å². The van der Waals surface area contributed by atoms with Gasteiger partial charge in [0.25, 0.3) is 0 Å². The minimum Gasteiger partial charge on any atom is -0.481 e. The average molecular weight is 314 g/mol. The number of aryl methyl sites for hydroxylation is 1. The van der Waals surface area contributed by atoms with Crippen molar-refractivity contribution in [2.45, 2.75) is 13.3 Å². The highest BCUT2D eigenvalue weighted by Gasteiger charge is 2.21. The Kier molecular flexibility index (Phi) is 6.64. The van der Waals surface area contributed by atoms with Gasteiger partial charge in [-0.3, -0.25) is 4.79 Å². The first-order valence-corrected chi connectivity index (χ1v) is 7.47. The summed E-state index contributed by atoms with van der Waals surface area (Å²) in [5, 5.41) is 9.67. The predicted octanol–water partition coefficient (Wildman–Crippen LogP) is 1.69. The Morgan fingerprint density at radius 3 is 2.48 bits per heavy atom. The van der Waals surface area contributed by atoms with Crippen LogP contribution in [0.4, 0.5) is 5.00 Å². The fourth-order valence-electron chi connectivity index (χ4n) is 1.86. The zero-order chi connectivity index (χ0) is 16.0. The number of carboxylic acids is 1. The molecular formula is C14H22N2O4S. The Balaban J connectivity index is 3.00. The minimum absolute atomic E-state index is 0.0327. The number of aliphatic carboxylic acids is 1. The summed E-state index contributed by atoms with van der Waals surface area (Å²) >= 11 is 1.48. The monoisotopic (exact) mass is 314 g/mol. The van der Waals surface area contributed by atoms with Gasteiger partial charge >= 0.3 is 11.9 Å². The third-order valence-corrected chi connectivity index (χ3v) is 4.05. The molecule has 0 aliphatic carbocycles. The van der Waals surface area contributed by atoms with Gasteiger partial charge in [0.2, 0.25) is 0 Å². The van der Waals surface area contributed by atoms with E-state index in [-0.39, 0.29) is 12.4 Å². The van der Waals surface area contributed by atoms with Crippen LogP contribution >= 0.6 is 11.3 Å². The molecule has 0 bridgehead atoms. The lowest BCUT2D eigenvalue weighted by Gasteiger charge is -2.25. The molecule has 0 aromatic carbocycles. The van der Waals surface area contributed by atoms with Crippen LogP contribution in [-0.2, 0) is 9.53 Å². The maximum atomic E-state index is 11.9. The molecule has 1 heterocycles. The van der Waals surface area contributed by atoms with Crippen LogP contribution in [0.3, 0.4) is 0 Å². The average Bonchev–Trinajstić information content (AvgIpc) is 2.79. The second-order valence-electron chi connectivity index (χ2n) is 5.00. The van der Waals surface area contributed by atoms with Crippen molar-refractivity contribution in [1.82, 2.24) is 4.90 Å². The van der Waals surface area contributed by atoms with Crippen molar-refractivity contribution in [3.63, 3.8) is 0 Å². The number of thiophene rings is 1. The molecule has 0 fully saturated rings. The molecule has 1 N–H and O–H groups in total. The summed E-state index contributed by atoms with van der Waals surface area (Å²) in [7, 11) is 5.26. The third kappa shape index (κ3) is 5.35. The highest BCUT2D eigenvalue weighted by molar-refractivity contribution is 7.16. The molecule has 21 heavy (non-hydrogen) atoms. The van der Waals surface area contributed by atoms with E-state index < -0.39 is 5.97 Å². The topological polar surface area (TPSA) is 70.1 Å². The van der Waals surface area contributed by atoms with Crippen molar-refractivity contribution in [3.05, 3.63) is 16.5 Å². The molecule has 0 amide bonds. The van der Waals surface area contributed by atoms with Crippen molar-refractivity contribution >= 4 is 28.3 Å². The van der Waals surface area contributed by atoms with Gasteiger partial charge in [-0.15, -0.1) is 11.3 Å². The molecule has 0 aliphatic heterocycles. The van der Waals surface area contributed by atoms with Crippen molar-refractivity contribution < 1.29 is 19.4 Å². The smallest absolute Gasteiger partial charge is 0.340 e. The number of esters is 1. The summed E-state index contributed by atoms with van der Waals surface area (Å²) in [6, 6.07) is 1.79. The van der Waals surface area contributed by atoms with Crippen molar-refractivity contribution in [3.8, 4) is 0 Å². The summed E-state index contributed by atoms with van der Waals surface area (Å²) in [6.45, 7) is 3.72. The maximum Gasteiger partial charge on any atom is 0.340 e. The first kappa shape index (κ1) is 17.5. The third-order valence-electron chi connectivity index (χ3n) is 2.94. The van der Waals surface area contributed by atoms with Gasteiger partial charge in [0.1, 0.15) is 5.00 Å². The van der Waals surface area contributed by atoms with Crippen LogP contribution in [0.25, 0.3) is 0 Å². The van der Waals surface area contributed by atoms with E-state index in [1.165, 1.54) is 18.4 Å². The van der Waals surface area contributed by atoms with Crippen LogP contribution in [0.1, 0.15) is 21.7 Å². The lowest BCUT2D eigenvalue weighted by atomic mass is 10.2. The first-order chi connectivity index (χ1) is 9.85. The molecule has 1 aromatic rings. The quantitative estimate of drug-likeness (QED) is 0.736. The van der Waals surface area contributed by atoms with Gasteiger partial charge in [-0.1, -0.05) is 0 Å². The Hall–Kier alpha value is -1.60. The number of rotatable bonds is 8. The molecular weight excluding hydrogens is 292 g/mol. The molecule has 0 spiro atoms. The Morgan fingerprint density at radius 2 is 1.95 bits per heavy atom. The van der Waals surface area contributed by atoms with Crippen molar-refractivity contribution in [2.24, 2.45) is 0 Å². The van der Waals surface area contributed by atoms with Crippen LogP contribution in [0.2, 0.25) is 0 Å². The van der Waals surface area contributed by atoms with Gasteiger partial charge in [-0.05, 0) is 27.1 Å². The largest absolute Gasteiger partial charge is 0.481 e. The molecule has 6 nitrogen and oxygen atoms in total. The van der Waals surface area contributed by atoms with Crippen LogP contribution in [-0.4, -0.2) is 62.8 Å². The van der Waals surface area contributed by atoms with Gasteiger partial charge in [0.05, 0.1) is 19.1 Å². The summed E-state index contributed by atoms with van der Waals surface area (Å²) in [5.41, 5.74) is 0.504. The number of anilines is 1. The number of hydrogen-bond donors (Lipinski definition) is 1. The van der Waals surface area contributed by atoms with Crippen molar-refractivity contribution in [1.29, 1.82) is 0 Å². The number of carbonyl (C=O) groups excluding carboxylic acids is 1. The Bertz CT molecular complexity index is 499. The number of carbonyl (C=O) groups is 2. The van der Waals surface area contributed by atoms with E-state index in [1.54, 1.807) is 6.07 Å². The van der Waals surface area contributed by atoms with Gasteiger partial charge in [-0.2, -0.15) is 0 Å². The molecule has 0 saturated carbocycles. The summed E-state index contributed by atoms with van der Waals surface area (Å²) < 4.78 is 4.81. The number of ether oxygens (including phenoxy) is 1. The number of methoxy groups -OCH3 is 1. The molecule has 0 radical (unpaired) electrons. The number of carboxylic acid groups (broad SMARTS) is 1. The van der Waals surface area contributed by atoms with E-state index in [0.717, 1.165) is 16.4 Å². The molecule has 1 rings (SSSR count). The molecule has 0 aliphatic rings. The highest BCUT2D eigenvalue weighted by atomic mass is 32.1. The van der Waals surface area contributed by atoms with E-state index in [1.807, 2.05) is 30.8 Å². The SMILES string of the molecule is COC(=O)c1cc(C)sc1N(CCC(=O)O)CCN(C)C. The fraction of sp³-hybridized carbons (Fsp3) is 0.571. The molecule has 1 aromatic heterocycles. The lowest BCUT2D eigenvalue weighted by Crippen LogP contribution is -2.33. The first-order valence-electron chi connectivity index (χ1n) is 6.65. The molecule has 118 valence electrons. The van der Waals surface area contributed by atoms with E-state index in [2.05, 4.69) is 0 Å². The van der Waals surface area contributed by atoms with Gasteiger partial charge in [0.15, 0.2) is 0 Å². The predicted molar refractivity (Wildman–Crippen MR) is 83.4 cm³/mol. The fourth-order valence-corrected chi connectivity index (χ4v) is 2.90. The summed E-state index contributed by atoms with van der Waals surface area (Å²) in [6.07, 6.45) is 0.0327. The minimum atomic E-state index is -0.849. The maximum absolute atomic E-state index is 11.9. The van der Waals surface area contributed by atoms with Crippen LogP contribution in [0.15, 0.2) is 6.07 Å². The van der Waals surface area contributed by atoms with Crippen LogP contribution < -0.4 is 4.90 Å². The number of nitrogens with zero attached hydrogens (tertiary/aromatic N) is 2. The van der Waals surface area contributed by atoms with E-state index in [4.69, 9.17) is 9.84 Å². The Morgan fingerprint density at radius 1 is 1.29 bits per heavy atom. The van der Waals surface area contributed by atoms with E-state index >= 15 is 0 Å². The standard InChI is InChI=1S/C14H22N2O4S/c1-10-9-11(14(19)20-4)13(21-10)16(6-5-12(17)18)8-7-15(2)3/h9H,5-8H2,1-4H3,(H,17,18). The van der Waals surface area contributed by atoms with Gasteiger partial charge in [0, 0.05) is 24.5 Å². The summed E-state index contributed by atoms with van der Waals surface area (Å²) in [4.78, 5) is 27.6. The molecule has 7 heteroatoms. The molecule has 0 saturated heterocycles. The van der Waals surface area contributed by atoms with Crippen LogP contribution in [0, 0.1) is 6.92 Å².